The average molecular weight is 434 g/mol. The van der Waals surface area contributed by atoms with Crippen LogP contribution < -0.4 is 5.32 Å². The van der Waals surface area contributed by atoms with Crippen molar-refractivity contribution in [2.75, 3.05) is 25.5 Å². The molecule has 0 bridgehead atoms. The van der Waals surface area contributed by atoms with Gasteiger partial charge in [-0.05, 0) is 40.5 Å². The number of piperidine rings is 1. The smallest absolute Gasteiger partial charge is 0.410 e. The molecule has 0 radical (unpaired) electrons. The molecule has 0 saturated carbocycles. The molecule has 1 saturated heterocycles. The van der Waals surface area contributed by atoms with Crippen LogP contribution in [0.1, 0.15) is 60.7 Å². The van der Waals surface area contributed by atoms with E-state index in [4.69, 9.17) is 9.47 Å². The van der Waals surface area contributed by atoms with Crippen LogP contribution >= 0.6 is 11.3 Å². The Hall–Kier alpha value is -2.75. The van der Waals surface area contributed by atoms with Crippen LogP contribution in [0.25, 0.3) is 0 Å². The Labute approximate surface area is 179 Å². The summed E-state index contributed by atoms with van der Waals surface area (Å²) in [5.41, 5.74) is 0.339. The first-order chi connectivity index (χ1) is 14.1. The SMILES string of the molecule is COC(=O)c1cnc(Nc2cc([C@@H]3CCCN(C(=O)OC(C)(C)C)C3)nc(C)n2)s1. The summed E-state index contributed by atoms with van der Waals surface area (Å²) >= 11 is 1.19. The highest BCUT2D eigenvalue weighted by Crippen LogP contribution is 2.29. The van der Waals surface area contributed by atoms with Crippen molar-refractivity contribution >= 4 is 34.3 Å². The third kappa shape index (κ3) is 5.65. The maximum atomic E-state index is 12.5. The summed E-state index contributed by atoms with van der Waals surface area (Å²) in [6.07, 6.45) is 2.98. The number of hydrogen-bond acceptors (Lipinski definition) is 9. The van der Waals surface area contributed by atoms with Crippen molar-refractivity contribution in [1.29, 1.82) is 0 Å². The molecule has 0 aliphatic carbocycles. The van der Waals surface area contributed by atoms with Crippen molar-refractivity contribution in [3.05, 3.63) is 28.7 Å². The summed E-state index contributed by atoms with van der Waals surface area (Å²) in [5.74, 6) is 0.881. The molecule has 3 heterocycles. The van der Waals surface area contributed by atoms with Gasteiger partial charge >= 0.3 is 12.1 Å². The Morgan fingerprint density at radius 3 is 2.77 bits per heavy atom. The highest BCUT2D eigenvalue weighted by Gasteiger charge is 2.29. The van der Waals surface area contributed by atoms with Gasteiger partial charge in [0.05, 0.1) is 19.0 Å². The first kappa shape index (κ1) is 21.9. The van der Waals surface area contributed by atoms with Gasteiger partial charge in [-0.3, -0.25) is 0 Å². The molecule has 1 aliphatic rings. The number of carbonyl (C=O) groups is 2. The minimum atomic E-state index is -0.524. The lowest BCUT2D eigenvalue weighted by molar-refractivity contribution is 0.0197. The lowest BCUT2D eigenvalue weighted by atomic mass is 9.94. The number of esters is 1. The molecule has 1 N–H and O–H groups in total. The lowest BCUT2D eigenvalue weighted by Gasteiger charge is -2.34. The Morgan fingerprint density at radius 1 is 1.30 bits per heavy atom. The Morgan fingerprint density at radius 2 is 2.07 bits per heavy atom. The number of ether oxygens (including phenoxy) is 2. The maximum absolute atomic E-state index is 12.5. The molecule has 162 valence electrons. The summed E-state index contributed by atoms with van der Waals surface area (Å²) in [6.45, 7) is 8.64. The molecule has 3 rings (SSSR count). The topological polar surface area (TPSA) is 107 Å². The number of likely N-dealkylation sites (tertiary alicyclic amines) is 1. The Bertz CT molecular complexity index is 924. The number of rotatable bonds is 4. The summed E-state index contributed by atoms with van der Waals surface area (Å²) in [6, 6.07) is 1.87. The van der Waals surface area contributed by atoms with E-state index in [1.165, 1.54) is 24.6 Å². The molecule has 1 aliphatic heterocycles. The minimum Gasteiger partial charge on any atom is -0.465 e. The van der Waals surface area contributed by atoms with Crippen LogP contribution in [0, 0.1) is 6.92 Å². The fourth-order valence-corrected chi connectivity index (χ4v) is 3.95. The molecule has 10 heteroatoms. The fourth-order valence-electron chi connectivity index (χ4n) is 3.21. The summed E-state index contributed by atoms with van der Waals surface area (Å²) < 4.78 is 10.2. The van der Waals surface area contributed by atoms with E-state index in [0.717, 1.165) is 18.5 Å². The van der Waals surface area contributed by atoms with E-state index >= 15 is 0 Å². The van der Waals surface area contributed by atoms with Crippen LogP contribution in [0.15, 0.2) is 12.3 Å². The lowest BCUT2D eigenvalue weighted by Crippen LogP contribution is -2.42. The van der Waals surface area contributed by atoms with Crippen LogP contribution in [0.4, 0.5) is 15.7 Å². The van der Waals surface area contributed by atoms with Gasteiger partial charge in [-0.15, -0.1) is 0 Å². The van der Waals surface area contributed by atoms with Crippen molar-refractivity contribution in [3.8, 4) is 0 Å². The summed E-state index contributed by atoms with van der Waals surface area (Å²) in [4.78, 5) is 39.4. The highest BCUT2D eigenvalue weighted by atomic mass is 32.1. The molecule has 0 aromatic carbocycles. The number of anilines is 2. The monoisotopic (exact) mass is 433 g/mol. The van der Waals surface area contributed by atoms with Crippen LogP contribution in [0.3, 0.4) is 0 Å². The van der Waals surface area contributed by atoms with Gasteiger partial charge in [0.15, 0.2) is 5.13 Å². The second kappa shape index (κ2) is 8.95. The standard InChI is InChI=1S/C20H27N5O4S/c1-12-22-14(13-7-6-8-25(11-13)19(27)29-20(2,3)4)9-16(23-12)24-18-21-10-15(30-18)17(26)28-5/h9-10,13H,6-8,11H2,1-5H3,(H,21,22,23,24)/t13-/m1/s1. The van der Waals surface area contributed by atoms with Crippen molar-refractivity contribution in [2.45, 2.75) is 52.1 Å². The minimum absolute atomic E-state index is 0.0930. The van der Waals surface area contributed by atoms with Gasteiger partial charge in [-0.25, -0.2) is 24.5 Å². The normalized spacial score (nSPS) is 16.8. The summed E-state index contributed by atoms with van der Waals surface area (Å²) in [5, 5.41) is 3.67. The van der Waals surface area contributed by atoms with Gasteiger partial charge in [0, 0.05) is 25.1 Å². The van der Waals surface area contributed by atoms with Gasteiger partial charge < -0.3 is 19.7 Å². The predicted molar refractivity (Wildman–Crippen MR) is 113 cm³/mol. The predicted octanol–water partition coefficient (Wildman–Crippen LogP) is 3.89. The molecule has 1 atom stereocenters. The number of thiazole rings is 1. The first-order valence-electron chi connectivity index (χ1n) is 9.79. The number of nitrogens with one attached hydrogen (secondary N) is 1. The van der Waals surface area contributed by atoms with Crippen molar-refractivity contribution in [2.24, 2.45) is 0 Å². The van der Waals surface area contributed by atoms with Crippen LogP contribution in [0.2, 0.25) is 0 Å². The average Bonchev–Trinajstić information content (AvgIpc) is 3.14. The molecular weight excluding hydrogens is 406 g/mol. The number of methoxy groups -OCH3 is 1. The van der Waals surface area contributed by atoms with Crippen molar-refractivity contribution in [1.82, 2.24) is 19.9 Å². The van der Waals surface area contributed by atoms with E-state index in [9.17, 15) is 9.59 Å². The first-order valence-corrected chi connectivity index (χ1v) is 10.6. The Kier molecular flexibility index (Phi) is 6.55. The van der Waals surface area contributed by atoms with Crippen LogP contribution in [-0.2, 0) is 9.47 Å². The number of nitrogens with zero attached hydrogens (tertiary/aromatic N) is 4. The molecule has 2 aromatic heterocycles. The number of amides is 1. The zero-order chi connectivity index (χ0) is 21.9. The molecule has 1 fully saturated rings. The molecule has 0 spiro atoms. The zero-order valence-corrected chi connectivity index (χ0v) is 18.7. The quantitative estimate of drug-likeness (QED) is 0.724. The number of carbonyl (C=O) groups excluding carboxylic acids is 2. The molecule has 0 unspecified atom stereocenters. The van der Waals surface area contributed by atoms with Crippen molar-refractivity contribution in [3.63, 3.8) is 0 Å². The van der Waals surface area contributed by atoms with E-state index in [-0.39, 0.29) is 12.0 Å². The van der Waals surface area contributed by atoms with E-state index in [1.54, 1.807) is 4.90 Å². The number of aryl methyl sites for hydroxylation is 1. The molecule has 2 aromatic rings. The van der Waals surface area contributed by atoms with E-state index < -0.39 is 11.6 Å². The largest absolute Gasteiger partial charge is 0.465 e. The van der Waals surface area contributed by atoms with E-state index in [2.05, 4.69) is 20.3 Å². The molecule has 1 amide bonds. The molecular formula is C20H27N5O4S. The van der Waals surface area contributed by atoms with E-state index in [0.29, 0.717) is 34.7 Å². The molecule has 9 nitrogen and oxygen atoms in total. The second-order valence-corrected chi connectivity index (χ2v) is 9.17. The van der Waals surface area contributed by atoms with Gasteiger partial charge in [0.2, 0.25) is 0 Å². The number of hydrogen-bond donors (Lipinski definition) is 1. The van der Waals surface area contributed by atoms with Crippen molar-refractivity contribution < 1.29 is 19.1 Å². The van der Waals surface area contributed by atoms with Crippen LogP contribution in [-0.4, -0.2) is 57.7 Å². The zero-order valence-electron chi connectivity index (χ0n) is 17.9. The van der Waals surface area contributed by atoms with Gasteiger partial charge in [-0.2, -0.15) is 0 Å². The fraction of sp³-hybridized carbons (Fsp3) is 0.550. The van der Waals surface area contributed by atoms with Gasteiger partial charge in [-0.1, -0.05) is 11.3 Å². The summed E-state index contributed by atoms with van der Waals surface area (Å²) in [7, 11) is 1.33. The van der Waals surface area contributed by atoms with E-state index in [1.807, 2.05) is 33.8 Å². The Balaban J connectivity index is 1.73. The number of aromatic nitrogens is 3. The third-order valence-electron chi connectivity index (χ3n) is 4.48. The maximum Gasteiger partial charge on any atom is 0.410 e. The van der Waals surface area contributed by atoms with Crippen LogP contribution in [0.5, 0.6) is 0 Å². The molecule has 30 heavy (non-hydrogen) atoms. The second-order valence-electron chi connectivity index (χ2n) is 8.14. The third-order valence-corrected chi connectivity index (χ3v) is 5.37. The highest BCUT2D eigenvalue weighted by molar-refractivity contribution is 7.17. The van der Waals surface area contributed by atoms with Gasteiger partial charge in [0.25, 0.3) is 0 Å². The van der Waals surface area contributed by atoms with Gasteiger partial charge in [0.1, 0.15) is 22.1 Å².